The number of cyclic esters (lactones) is 1. The first kappa shape index (κ1) is 49.3. The van der Waals surface area contributed by atoms with Gasteiger partial charge in [-0.05, 0) is 31.8 Å². The van der Waals surface area contributed by atoms with Crippen molar-refractivity contribution >= 4 is 23.9 Å². The Labute approximate surface area is 352 Å². The molecule has 4 rings (SSSR count). The summed E-state index contributed by atoms with van der Waals surface area (Å²) in [5, 5.41) is 58.1. The van der Waals surface area contributed by atoms with Crippen molar-refractivity contribution in [3.05, 3.63) is 23.8 Å². The number of hydrogen-bond donors (Lipinski definition) is 5. The monoisotopic (exact) mass is 850 g/mol. The summed E-state index contributed by atoms with van der Waals surface area (Å²) in [5.74, 6) is -2.46. The van der Waals surface area contributed by atoms with Crippen LogP contribution in [0.25, 0.3) is 0 Å². The van der Waals surface area contributed by atoms with Gasteiger partial charge in [0.2, 0.25) is 5.79 Å². The molecule has 1 unspecified atom stereocenters. The smallest absolute Gasteiger partial charge is 0.385 e. The number of hydrogen-bond acceptors (Lipinski definition) is 16. The Kier molecular flexibility index (Phi) is 16.9. The van der Waals surface area contributed by atoms with Gasteiger partial charge < -0.3 is 58.7 Å². The van der Waals surface area contributed by atoms with E-state index in [-0.39, 0.29) is 50.5 Å². The third-order valence-electron chi connectivity index (χ3n) is 12.1. The van der Waals surface area contributed by atoms with Crippen molar-refractivity contribution in [3.8, 4) is 11.8 Å². The quantitative estimate of drug-likeness (QED) is 0.0471. The van der Waals surface area contributed by atoms with E-state index in [4.69, 9.17) is 33.2 Å². The van der Waals surface area contributed by atoms with Gasteiger partial charge in [-0.2, -0.15) is 0 Å². The van der Waals surface area contributed by atoms with Crippen molar-refractivity contribution in [2.24, 2.45) is 10.8 Å². The summed E-state index contributed by atoms with van der Waals surface area (Å²) in [6.07, 6.45) is -4.26. The number of methoxy groups -OCH3 is 1. The Morgan fingerprint density at radius 1 is 0.950 bits per heavy atom. The molecular formula is C44H66O16. The van der Waals surface area contributed by atoms with E-state index >= 15 is 0 Å². The van der Waals surface area contributed by atoms with Crippen molar-refractivity contribution in [2.75, 3.05) is 7.11 Å². The van der Waals surface area contributed by atoms with Crippen molar-refractivity contribution < 1.29 is 77.9 Å². The van der Waals surface area contributed by atoms with Crippen LogP contribution in [0, 0.1) is 22.7 Å². The Bertz CT molecular complexity index is 1640. The number of aliphatic hydroxyl groups is 5. The fraction of sp³-hybridized carbons (Fsp3) is 0.773. The minimum absolute atomic E-state index is 0.0943. The zero-order chi connectivity index (χ0) is 44.6. The van der Waals surface area contributed by atoms with Crippen molar-refractivity contribution in [3.63, 3.8) is 0 Å². The lowest BCUT2D eigenvalue weighted by Gasteiger charge is -2.53. The lowest BCUT2D eigenvalue weighted by molar-refractivity contribution is -0.350. The second-order valence-electron chi connectivity index (χ2n) is 17.8. The van der Waals surface area contributed by atoms with Gasteiger partial charge in [-0.25, -0.2) is 9.59 Å². The molecule has 4 aliphatic rings. The van der Waals surface area contributed by atoms with Gasteiger partial charge in [-0.1, -0.05) is 65.5 Å². The minimum Gasteiger partial charge on any atom is -0.466 e. The maximum atomic E-state index is 13.4. The molecule has 0 aliphatic carbocycles. The van der Waals surface area contributed by atoms with E-state index in [0.717, 1.165) is 32.4 Å². The van der Waals surface area contributed by atoms with Gasteiger partial charge in [0.1, 0.15) is 12.2 Å². The fourth-order valence-corrected chi connectivity index (χ4v) is 8.40. The molecule has 0 spiro atoms. The van der Waals surface area contributed by atoms with Crippen LogP contribution in [0.1, 0.15) is 126 Å². The van der Waals surface area contributed by atoms with Gasteiger partial charge >= 0.3 is 23.9 Å². The van der Waals surface area contributed by atoms with Crippen LogP contribution in [0.15, 0.2) is 23.8 Å². The molecule has 0 saturated carbocycles. The normalized spacial score (nSPS) is 37.5. The fourth-order valence-electron chi connectivity index (χ4n) is 8.40. The van der Waals surface area contributed by atoms with E-state index in [9.17, 15) is 44.7 Å². The molecule has 3 saturated heterocycles. The minimum atomic E-state index is -2.45. The molecule has 0 aromatic heterocycles. The third kappa shape index (κ3) is 12.4. The van der Waals surface area contributed by atoms with Gasteiger partial charge in [0.25, 0.3) is 0 Å². The van der Waals surface area contributed by atoms with E-state index in [2.05, 4.69) is 11.8 Å². The number of carbonyl (C=O) groups excluding carboxylic acids is 4. The van der Waals surface area contributed by atoms with E-state index < -0.39 is 114 Å². The van der Waals surface area contributed by atoms with Gasteiger partial charge in [-0.3, -0.25) is 9.59 Å². The molecule has 60 heavy (non-hydrogen) atoms. The predicted molar refractivity (Wildman–Crippen MR) is 213 cm³/mol. The average molecular weight is 851 g/mol. The highest BCUT2D eigenvalue weighted by Crippen LogP contribution is 2.50. The van der Waals surface area contributed by atoms with Crippen LogP contribution < -0.4 is 0 Å². The number of ether oxygens (including phenoxy) is 7. The van der Waals surface area contributed by atoms with Gasteiger partial charge in [0, 0.05) is 62.9 Å². The molecular weight excluding hydrogens is 784 g/mol. The Morgan fingerprint density at radius 2 is 1.65 bits per heavy atom. The van der Waals surface area contributed by atoms with E-state index in [0.29, 0.717) is 6.42 Å². The van der Waals surface area contributed by atoms with Gasteiger partial charge in [0.15, 0.2) is 11.9 Å². The first-order chi connectivity index (χ1) is 28.0. The number of unbranched alkanes of at least 4 members (excludes halogenated alkanes) is 3. The topological polar surface area (TPSA) is 234 Å². The highest BCUT2D eigenvalue weighted by atomic mass is 16.7. The summed E-state index contributed by atoms with van der Waals surface area (Å²) in [6, 6.07) is 0. The first-order valence-corrected chi connectivity index (χ1v) is 21.1. The summed E-state index contributed by atoms with van der Waals surface area (Å²) >= 11 is 0. The standard InChI is InChI=1S/C44H66O16/c1-9-10-11-12-13-14-37(49)58-40-28(18-38(50)54-8)17-32-23-35(26(2)45)57-39(51)22-30(48)20-33-24-36(55-27(3)46)42(6,7)43(52,59-33)25-34-21-29(47)19-31(56-34)15-16-41(4,5)44(40,53)60-32/h15-16,18,26,29-36,40,45,47-48,52-53H,9-12,17,19-25H2,1-8H3/b16-15+,28-18+/t26-,29-,30-,31+,32+,33-,34+,35?,36+,40+,43+,44-/m1/s1. The van der Waals surface area contributed by atoms with E-state index in [1.54, 1.807) is 39.8 Å². The van der Waals surface area contributed by atoms with Crippen LogP contribution in [0.5, 0.6) is 0 Å². The molecule has 3 fully saturated rings. The van der Waals surface area contributed by atoms with Gasteiger partial charge in [0.05, 0.1) is 61.7 Å². The Hall–Kier alpha value is -3.40. The number of rotatable bonds is 7. The number of aliphatic hydroxyl groups excluding tert-OH is 3. The Morgan fingerprint density at radius 3 is 2.30 bits per heavy atom. The summed E-state index contributed by atoms with van der Waals surface area (Å²) in [6.45, 7) is 11.2. The molecule has 4 aliphatic heterocycles. The lowest BCUT2D eigenvalue weighted by Crippen LogP contribution is -2.62. The third-order valence-corrected chi connectivity index (χ3v) is 12.1. The Balaban J connectivity index is 1.81. The molecule has 0 aromatic carbocycles. The van der Waals surface area contributed by atoms with Gasteiger partial charge in [-0.15, -0.1) is 0 Å². The second-order valence-corrected chi connectivity index (χ2v) is 17.8. The highest BCUT2D eigenvalue weighted by molar-refractivity contribution is 5.89. The predicted octanol–water partition coefficient (Wildman–Crippen LogP) is 3.21. The maximum Gasteiger partial charge on any atom is 0.385 e. The lowest BCUT2D eigenvalue weighted by atomic mass is 9.70. The van der Waals surface area contributed by atoms with Crippen LogP contribution in [0.2, 0.25) is 0 Å². The van der Waals surface area contributed by atoms with Crippen LogP contribution >= 0.6 is 0 Å². The molecule has 338 valence electrons. The summed E-state index contributed by atoms with van der Waals surface area (Å²) < 4.78 is 41.3. The number of fused-ring (bicyclic) bond motifs is 6. The van der Waals surface area contributed by atoms with E-state index in [1.807, 2.05) is 6.92 Å². The summed E-state index contributed by atoms with van der Waals surface area (Å²) in [5.41, 5.74) is -2.59. The highest BCUT2D eigenvalue weighted by Gasteiger charge is 2.59. The number of carbonyl (C=O) groups is 4. The van der Waals surface area contributed by atoms with Crippen LogP contribution in [0.3, 0.4) is 0 Å². The summed E-state index contributed by atoms with van der Waals surface area (Å²) in [7, 11) is 1.16. The molecule has 16 nitrogen and oxygen atoms in total. The van der Waals surface area contributed by atoms with E-state index in [1.165, 1.54) is 13.8 Å². The van der Waals surface area contributed by atoms with Crippen LogP contribution in [0.4, 0.5) is 0 Å². The first-order valence-electron chi connectivity index (χ1n) is 21.1. The van der Waals surface area contributed by atoms with Crippen molar-refractivity contribution in [1.82, 2.24) is 0 Å². The maximum absolute atomic E-state index is 13.4. The largest absolute Gasteiger partial charge is 0.466 e. The SMILES string of the molecule is CCCCCC#CC(=O)O[C@H]1/C(=C/C(=O)OC)C[C@H]2CC([C@@H](C)O)OC(=O)C[C@H](O)C[C@@H]3C[C@H](OC(C)=O)C(C)(C)[C@](O)(C[C@@H]4C[C@H](O)C[C@H](/C=C/C(C)(C)[C@]1(O)O2)O4)O3. The average Bonchev–Trinajstić information content (AvgIpc) is 3.13. The van der Waals surface area contributed by atoms with Crippen molar-refractivity contribution in [1.29, 1.82) is 0 Å². The summed E-state index contributed by atoms with van der Waals surface area (Å²) in [4.78, 5) is 51.6. The van der Waals surface area contributed by atoms with Crippen LogP contribution in [-0.4, -0.2) is 129 Å². The molecule has 16 heteroatoms. The van der Waals surface area contributed by atoms with Crippen molar-refractivity contribution in [2.45, 2.75) is 198 Å². The number of esters is 4. The zero-order valence-electron chi connectivity index (χ0n) is 36.2. The molecule has 12 atom stereocenters. The second kappa shape index (κ2) is 20.6. The molecule has 6 bridgehead atoms. The molecule has 0 aromatic rings. The molecule has 4 heterocycles. The molecule has 0 radical (unpaired) electrons. The zero-order valence-corrected chi connectivity index (χ0v) is 36.2. The van der Waals surface area contributed by atoms with Crippen LogP contribution in [-0.2, 0) is 52.3 Å². The molecule has 5 N–H and O–H groups in total. The molecule has 0 amide bonds.